The maximum Gasteiger partial charge on any atom is 0.252 e. The fraction of sp³-hybridized carbons (Fsp3) is 0.419. The maximum absolute atomic E-state index is 11.9. The van der Waals surface area contributed by atoms with Crippen molar-refractivity contribution in [3.05, 3.63) is 88.1 Å². The molecule has 2 N–H and O–H groups in total. The number of aliphatic imine (C=N–C) groups is 1. The molecule has 188 valence electrons. The molecule has 0 radical (unpaired) electrons. The van der Waals surface area contributed by atoms with Crippen molar-refractivity contribution in [2.45, 2.75) is 80.3 Å². The summed E-state index contributed by atoms with van der Waals surface area (Å²) in [7, 11) is 0. The Morgan fingerprint density at radius 2 is 1.74 bits per heavy atom. The Balaban J connectivity index is 2.46. The molecule has 2 aromatic carbocycles. The van der Waals surface area contributed by atoms with Crippen molar-refractivity contribution in [1.82, 2.24) is 0 Å². The molecule has 0 heterocycles. The third kappa shape index (κ3) is 7.68. The third-order valence-corrected chi connectivity index (χ3v) is 6.37. The lowest BCUT2D eigenvalue weighted by Crippen LogP contribution is -2.14. The predicted octanol–water partition coefficient (Wildman–Crippen LogP) is 7.72. The van der Waals surface area contributed by atoms with Crippen LogP contribution in [0.4, 0.5) is 0 Å². The standard InChI is InChI=1S/C31H42N2O2/c1-8-12-25(13-9-2)28(21(4)5)19-33-23(7)30-24(10-3)14-11-15-26(30)20-35-29-18-22(6)16-17-27(29)31(32)34/h11,14-19,25H,4,8-10,12-13,20H2,1-3,5-7H3,(H2,32,34)/b28-19+,33-23?. The molecule has 0 atom stereocenters. The molecule has 0 aliphatic carbocycles. The van der Waals surface area contributed by atoms with Crippen LogP contribution in [0.5, 0.6) is 5.75 Å². The van der Waals surface area contributed by atoms with Gasteiger partial charge in [0, 0.05) is 17.5 Å². The zero-order chi connectivity index (χ0) is 26.0. The van der Waals surface area contributed by atoms with Crippen LogP contribution in [0.2, 0.25) is 0 Å². The van der Waals surface area contributed by atoms with Gasteiger partial charge in [-0.3, -0.25) is 9.79 Å². The van der Waals surface area contributed by atoms with Crippen LogP contribution < -0.4 is 10.5 Å². The van der Waals surface area contributed by atoms with Crippen molar-refractivity contribution >= 4 is 11.6 Å². The van der Waals surface area contributed by atoms with E-state index in [1.54, 1.807) is 6.07 Å². The summed E-state index contributed by atoms with van der Waals surface area (Å²) in [6.07, 6.45) is 7.48. The molecule has 0 saturated carbocycles. The van der Waals surface area contributed by atoms with Gasteiger partial charge in [0.05, 0.1) is 5.56 Å². The van der Waals surface area contributed by atoms with Gasteiger partial charge >= 0.3 is 0 Å². The summed E-state index contributed by atoms with van der Waals surface area (Å²) in [5.74, 6) is 0.495. The molecule has 0 aliphatic heterocycles. The van der Waals surface area contributed by atoms with Crippen molar-refractivity contribution < 1.29 is 9.53 Å². The van der Waals surface area contributed by atoms with Gasteiger partial charge in [-0.2, -0.15) is 0 Å². The number of primary amides is 1. The quantitative estimate of drug-likeness (QED) is 0.238. The average Bonchev–Trinajstić information content (AvgIpc) is 2.82. The monoisotopic (exact) mass is 474 g/mol. The van der Waals surface area contributed by atoms with Crippen molar-refractivity contribution in [2.75, 3.05) is 0 Å². The van der Waals surface area contributed by atoms with Gasteiger partial charge in [-0.05, 0) is 80.3 Å². The number of hydrogen-bond acceptors (Lipinski definition) is 3. The smallest absolute Gasteiger partial charge is 0.252 e. The van der Waals surface area contributed by atoms with Crippen molar-refractivity contribution in [1.29, 1.82) is 0 Å². The second-order valence-corrected chi connectivity index (χ2v) is 9.31. The Hall–Kier alpha value is -3.14. The van der Waals surface area contributed by atoms with Gasteiger partial charge in [-0.25, -0.2) is 0 Å². The van der Waals surface area contributed by atoms with Crippen LogP contribution in [0, 0.1) is 12.8 Å². The van der Waals surface area contributed by atoms with Gasteiger partial charge in [0.1, 0.15) is 12.4 Å². The summed E-state index contributed by atoms with van der Waals surface area (Å²) in [5, 5.41) is 0. The highest BCUT2D eigenvalue weighted by Gasteiger charge is 2.16. The second kappa shape index (κ2) is 13.7. The summed E-state index contributed by atoms with van der Waals surface area (Å²) in [4.78, 5) is 16.8. The summed E-state index contributed by atoms with van der Waals surface area (Å²) in [6.45, 7) is 17.3. The van der Waals surface area contributed by atoms with E-state index in [1.807, 2.05) is 31.3 Å². The van der Waals surface area contributed by atoms with E-state index < -0.39 is 5.91 Å². The zero-order valence-corrected chi connectivity index (χ0v) is 22.4. The summed E-state index contributed by atoms with van der Waals surface area (Å²) in [6, 6.07) is 11.7. The minimum atomic E-state index is -0.494. The van der Waals surface area contributed by atoms with Gasteiger partial charge in [-0.15, -0.1) is 0 Å². The van der Waals surface area contributed by atoms with Gasteiger partial charge in [-0.1, -0.05) is 70.0 Å². The summed E-state index contributed by atoms with van der Waals surface area (Å²) in [5.41, 5.74) is 13.6. The number of benzene rings is 2. The lowest BCUT2D eigenvalue weighted by Gasteiger charge is -2.19. The number of nitrogens with two attached hydrogens (primary N) is 1. The molecule has 4 heteroatoms. The van der Waals surface area contributed by atoms with Gasteiger partial charge in [0.15, 0.2) is 0 Å². The lowest BCUT2D eigenvalue weighted by molar-refractivity contribution is 0.0996. The van der Waals surface area contributed by atoms with E-state index in [-0.39, 0.29) is 0 Å². The van der Waals surface area contributed by atoms with Crippen LogP contribution in [-0.4, -0.2) is 11.6 Å². The molecule has 0 aliphatic rings. The second-order valence-electron chi connectivity index (χ2n) is 9.31. The number of hydrogen-bond donors (Lipinski definition) is 1. The zero-order valence-electron chi connectivity index (χ0n) is 22.4. The number of carbonyl (C=O) groups excluding carboxylic acids is 1. The molecule has 0 fully saturated rings. The van der Waals surface area contributed by atoms with Crippen LogP contribution in [0.25, 0.3) is 0 Å². The fourth-order valence-corrected chi connectivity index (χ4v) is 4.59. The number of aryl methyl sites for hydroxylation is 2. The van der Waals surface area contributed by atoms with E-state index in [4.69, 9.17) is 15.5 Å². The van der Waals surface area contributed by atoms with Crippen LogP contribution >= 0.6 is 0 Å². The highest BCUT2D eigenvalue weighted by atomic mass is 16.5. The minimum Gasteiger partial charge on any atom is -0.488 e. The Bertz CT molecular complexity index is 1090. The van der Waals surface area contributed by atoms with Crippen LogP contribution in [0.1, 0.15) is 92.9 Å². The SMILES string of the molecule is C=C(C)/C(=C\N=C(C)c1c(CC)cccc1COc1cc(C)ccc1C(N)=O)C(CCC)CCC. The number of rotatable bonds is 13. The third-order valence-electron chi connectivity index (χ3n) is 6.37. The van der Waals surface area contributed by atoms with Crippen molar-refractivity contribution in [2.24, 2.45) is 16.6 Å². The molecule has 0 saturated heterocycles. The summed E-state index contributed by atoms with van der Waals surface area (Å²) < 4.78 is 6.14. The first-order chi connectivity index (χ1) is 16.7. The first-order valence-electron chi connectivity index (χ1n) is 12.8. The molecule has 2 aromatic rings. The number of nitrogens with zero attached hydrogens (tertiary/aromatic N) is 1. The van der Waals surface area contributed by atoms with E-state index >= 15 is 0 Å². The number of allylic oxidation sites excluding steroid dienone is 2. The molecule has 0 bridgehead atoms. The Morgan fingerprint density at radius 3 is 2.31 bits per heavy atom. The lowest BCUT2D eigenvalue weighted by atomic mass is 9.87. The molecular formula is C31H42N2O2. The van der Waals surface area contributed by atoms with E-state index in [2.05, 4.69) is 53.3 Å². The topological polar surface area (TPSA) is 64.7 Å². The predicted molar refractivity (Wildman–Crippen MR) is 148 cm³/mol. The van der Waals surface area contributed by atoms with Crippen molar-refractivity contribution in [3.8, 4) is 5.75 Å². The molecule has 2 rings (SSSR count). The van der Waals surface area contributed by atoms with Crippen LogP contribution in [0.15, 0.2) is 65.3 Å². The maximum atomic E-state index is 11.9. The Kier molecular flexibility index (Phi) is 11.0. The fourth-order valence-electron chi connectivity index (χ4n) is 4.59. The van der Waals surface area contributed by atoms with Crippen LogP contribution in [-0.2, 0) is 13.0 Å². The molecular weight excluding hydrogens is 432 g/mol. The largest absolute Gasteiger partial charge is 0.488 e. The van der Waals surface area contributed by atoms with E-state index in [9.17, 15) is 4.79 Å². The minimum absolute atomic E-state index is 0.325. The van der Waals surface area contributed by atoms with E-state index in [0.717, 1.165) is 60.1 Å². The molecule has 35 heavy (non-hydrogen) atoms. The van der Waals surface area contributed by atoms with Gasteiger partial charge in [0.2, 0.25) is 0 Å². The normalized spacial score (nSPS) is 12.2. The molecule has 0 unspecified atom stereocenters. The Labute approximate surface area is 212 Å². The van der Waals surface area contributed by atoms with Gasteiger partial charge < -0.3 is 10.5 Å². The van der Waals surface area contributed by atoms with E-state index in [1.165, 1.54) is 11.1 Å². The highest BCUT2D eigenvalue weighted by Crippen LogP contribution is 2.28. The van der Waals surface area contributed by atoms with Crippen molar-refractivity contribution in [3.63, 3.8) is 0 Å². The first kappa shape index (κ1) is 28.1. The molecule has 0 spiro atoms. The van der Waals surface area contributed by atoms with Gasteiger partial charge in [0.25, 0.3) is 5.91 Å². The molecule has 1 amide bonds. The number of carbonyl (C=O) groups is 1. The molecule has 4 nitrogen and oxygen atoms in total. The number of ether oxygens (including phenoxy) is 1. The first-order valence-corrected chi connectivity index (χ1v) is 12.8. The summed E-state index contributed by atoms with van der Waals surface area (Å²) >= 11 is 0. The Morgan fingerprint density at radius 1 is 1.09 bits per heavy atom. The molecule has 0 aromatic heterocycles. The van der Waals surface area contributed by atoms with E-state index in [0.29, 0.717) is 23.8 Å². The number of amides is 1. The average molecular weight is 475 g/mol. The van der Waals surface area contributed by atoms with Crippen LogP contribution in [0.3, 0.4) is 0 Å². The highest BCUT2D eigenvalue weighted by molar-refractivity contribution is 6.01.